The predicted octanol–water partition coefficient (Wildman–Crippen LogP) is 4.60. The molecule has 1 aromatic heterocycles. The van der Waals surface area contributed by atoms with Crippen molar-refractivity contribution in [1.82, 2.24) is 0 Å². The lowest BCUT2D eigenvalue weighted by atomic mass is 10.1. The van der Waals surface area contributed by atoms with Gasteiger partial charge in [0.1, 0.15) is 5.76 Å². The molecule has 17 heavy (non-hydrogen) atoms. The second kappa shape index (κ2) is 4.30. The number of hydrogen-bond donors (Lipinski definition) is 0. The molecule has 0 bridgehead atoms. The molecule has 3 rings (SSSR count). The van der Waals surface area contributed by atoms with Crippen molar-refractivity contribution in [3.8, 4) is 0 Å². The van der Waals surface area contributed by atoms with Crippen LogP contribution in [0.5, 0.6) is 0 Å². The second-order valence-electron chi connectivity index (χ2n) is 3.96. The van der Waals surface area contributed by atoms with Gasteiger partial charge in [0.05, 0.1) is 6.26 Å². The average Bonchev–Trinajstić information content (AvgIpc) is 2.89. The Labute approximate surface area is 100 Å². The first-order chi connectivity index (χ1) is 8.42. The minimum atomic E-state index is 0.873. The minimum absolute atomic E-state index is 0.873. The molecule has 82 valence electrons. The molecule has 0 atom stereocenters. The Balaban J connectivity index is 1.96. The van der Waals surface area contributed by atoms with Gasteiger partial charge in [0.2, 0.25) is 0 Å². The molecule has 2 aromatic carbocycles. The van der Waals surface area contributed by atoms with Gasteiger partial charge in [0.25, 0.3) is 0 Å². The molecular weight excluding hydrogens is 208 g/mol. The molecule has 0 aliphatic rings. The molecule has 0 aliphatic carbocycles. The molecule has 0 unspecified atom stereocenters. The van der Waals surface area contributed by atoms with Crippen LogP contribution in [-0.4, -0.2) is 0 Å². The largest absolute Gasteiger partial charge is 0.465 e. The van der Waals surface area contributed by atoms with Crippen molar-refractivity contribution < 1.29 is 4.42 Å². The Kier molecular flexibility index (Phi) is 2.51. The van der Waals surface area contributed by atoms with E-state index in [1.165, 1.54) is 16.3 Å². The highest BCUT2D eigenvalue weighted by Gasteiger charge is 1.93. The van der Waals surface area contributed by atoms with Crippen LogP contribution in [0.3, 0.4) is 0 Å². The van der Waals surface area contributed by atoms with Crippen LogP contribution in [0.2, 0.25) is 0 Å². The Morgan fingerprint density at radius 2 is 1.65 bits per heavy atom. The van der Waals surface area contributed by atoms with Crippen molar-refractivity contribution in [1.29, 1.82) is 0 Å². The Morgan fingerprint density at radius 3 is 2.47 bits per heavy atom. The van der Waals surface area contributed by atoms with Crippen molar-refractivity contribution in [2.75, 3.05) is 0 Å². The summed E-state index contributed by atoms with van der Waals surface area (Å²) in [5, 5.41) is 2.52. The van der Waals surface area contributed by atoms with E-state index in [0.29, 0.717) is 0 Å². The highest BCUT2D eigenvalue weighted by atomic mass is 16.3. The molecule has 1 heterocycles. The first-order valence-corrected chi connectivity index (χ1v) is 5.62. The number of rotatable bonds is 2. The summed E-state index contributed by atoms with van der Waals surface area (Å²) < 4.78 is 5.26. The zero-order valence-corrected chi connectivity index (χ0v) is 9.34. The molecule has 1 heteroatoms. The fourth-order valence-electron chi connectivity index (χ4n) is 1.88. The van der Waals surface area contributed by atoms with Gasteiger partial charge in [0, 0.05) is 0 Å². The zero-order chi connectivity index (χ0) is 11.5. The molecule has 0 N–H and O–H groups in total. The van der Waals surface area contributed by atoms with Crippen molar-refractivity contribution in [3.63, 3.8) is 0 Å². The van der Waals surface area contributed by atoms with Gasteiger partial charge in [-0.15, -0.1) is 0 Å². The molecule has 1 nitrogen and oxygen atoms in total. The van der Waals surface area contributed by atoms with E-state index in [4.69, 9.17) is 4.42 Å². The molecule has 0 aliphatic heterocycles. The van der Waals surface area contributed by atoms with Crippen LogP contribution in [0.4, 0.5) is 0 Å². The summed E-state index contributed by atoms with van der Waals surface area (Å²) in [5.74, 6) is 0.873. The van der Waals surface area contributed by atoms with E-state index in [-0.39, 0.29) is 0 Å². The summed E-state index contributed by atoms with van der Waals surface area (Å²) >= 11 is 0. The number of fused-ring (bicyclic) bond motifs is 1. The lowest BCUT2D eigenvalue weighted by Gasteiger charge is -1.98. The lowest BCUT2D eigenvalue weighted by Crippen LogP contribution is -1.74. The van der Waals surface area contributed by atoms with Gasteiger partial charge < -0.3 is 4.42 Å². The summed E-state index contributed by atoms with van der Waals surface area (Å²) in [7, 11) is 0. The van der Waals surface area contributed by atoms with Crippen LogP contribution in [0.25, 0.3) is 22.9 Å². The van der Waals surface area contributed by atoms with E-state index in [0.717, 1.165) is 5.76 Å². The predicted molar refractivity (Wildman–Crippen MR) is 71.6 cm³/mol. The van der Waals surface area contributed by atoms with E-state index in [1.807, 2.05) is 18.2 Å². The number of benzene rings is 2. The molecule has 0 amide bonds. The molecule has 0 saturated carbocycles. The fraction of sp³-hybridized carbons (Fsp3) is 0. The smallest absolute Gasteiger partial charge is 0.126 e. The third kappa shape index (κ3) is 2.13. The monoisotopic (exact) mass is 220 g/mol. The Morgan fingerprint density at radius 1 is 0.765 bits per heavy atom. The van der Waals surface area contributed by atoms with Crippen LogP contribution in [0.15, 0.2) is 65.3 Å². The molecule has 0 saturated heterocycles. The van der Waals surface area contributed by atoms with Crippen molar-refractivity contribution >= 4 is 22.9 Å². The van der Waals surface area contributed by atoms with Gasteiger partial charge in [-0.25, -0.2) is 0 Å². The normalized spacial score (nSPS) is 11.3. The van der Waals surface area contributed by atoms with E-state index in [9.17, 15) is 0 Å². The molecule has 0 radical (unpaired) electrons. The van der Waals surface area contributed by atoms with Gasteiger partial charge in [-0.3, -0.25) is 0 Å². The summed E-state index contributed by atoms with van der Waals surface area (Å²) in [4.78, 5) is 0. The van der Waals surface area contributed by atoms with Crippen LogP contribution in [0, 0.1) is 0 Å². The molecular formula is C16H12O. The fourth-order valence-corrected chi connectivity index (χ4v) is 1.88. The van der Waals surface area contributed by atoms with E-state index in [2.05, 4.69) is 48.5 Å². The summed E-state index contributed by atoms with van der Waals surface area (Å²) in [6.45, 7) is 0. The maximum atomic E-state index is 5.26. The molecule has 3 aromatic rings. The van der Waals surface area contributed by atoms with Crippen LogP contribution in [0.1, 0.15) is 11.3 Å². The highest BCUT2D eigenvalue weighted by Crippen LogP contribution is 2.17. The SMILES string of the molecule is C(=C\c1ccco1)/c1ccc2ccccc2c1. The van der Waals surface area contributed by atoms with E-state index in [1.54, 1.807) is 6.26 Å². The van der Waals surface area contributed by atoms with Gasteiger partial charge in [-0.05, 0) is 40.6 Å². The van der Waals surface area contributed by atoms with Gasteiger partial charge in [0.15, 0.2) is 0 Å². The van der Waals surface area contributed by atoms with Crippen molar-refractivity contribution in [3.05, 3.63) is 72.2 Å². The minimum Gasteiger partial charge on any atom is -0.465 e. The molecule has 0 fully saturated rings. The van der Waals surface area contributed by atoms with Crippen molar-refractivity contribution in [2.45, 2.75) is 0 Å². The quantitative estimate of drug-likeness (QED) is 0.615. The topological polar surface area (TPSA) is 13.1 Å². The third-order valence-corrected chi connectivity index (χ3v) is 2.76. The van der Waals surface area contributed by atoms with Gasteiger partial charge in [-0.2, -0.15) is 0 Å². The van der Waals surface area contributed by atoms with Crippen molar-refractivity contribution in [2.24, 2.45) is 0 Å². The zero-order valence-electron chi connectivity index (χ0n) is 9.34. The van der Waals surface area contributed by atoms with Crippen LogP contribution >= 0.6 is 0 Å². The summed E-state index contributed by atoms with van der Waals surface area (Å²) in [6.07, 6.45) is 5.72. The van der Waals surface area contributed by atoms with Crippen LogP contribution in [-0.2, 0) is 0 Å². The van der Waals surface area contributed by atoms with Gasteiger partial charge in [-0.1, -0.05) is 42.5 Å². The standard InChI is InChI=1S/C16H12O/c1-2-5-15-12-13(7-9-14(15)4-1)8-10-16-6-3-11-17-16/h1-12H/b10-8+. The first kappa shape index (κ1) is 9.91. The van der Waals surface area contributed by atoms with E-state index >= 15 is 0 Å². The Bertz CT molecular complexity index is 648. The third-order valence-electron chi connectivity index (χ3n) is 2.76. The number of furan rings is 1. The highest BCUT2D eigenvalue weighted by molar-refractivity contribution is 5.85. The second-order valence-corrected chi connectivity index (χ2v) is 3.96. The first-order valence-electron chi connectivity index (χ1n) is 5.62. The lowest BCUT2D eigenvalue weighted by molar-refractivity contribution is 0.557. The van der Waals surface area contributed by atoms with Crippen LogP contribution < -0.4 is 0 Å². The van der Waals surface area contributed by atoms with E-state index < -0.39 is 0 Å². The molecule has 0 spiro atoms. The number of hydrogen-bond acceptors (Lipinski definition) is 1. The van der Waals surface area contributed by atoms with Gasteiger partial charge >= 0.3 is 0 Å². The summed E-state index contributed by atoms with van der Waals surface area (Å²) in [5.41, 5.74) is 1.18. The Hall–Kier alpha value is -2.28. The maximum Gasteiger partial charge on any atom is 0.126 e. The average molecular weight is 220 g/mol. The maximum absolute atomic E-state index is 5.26. The summed E-state index contributed by atoms with van der Waals surface area (Å²) in [6, 6.07) is 18.6.